The molecule has 0 aliphatic carbocycles. The summed E-state index contributed by atoms with van der Waals surface area (Å²) in [6, 6.07) is 7.40. The summed E-state index contributed by atoms with van der Waals surface area (Å²) >= 11 is 1.65. The highest BCUT2D eigenvalue weighted by atomic mass is 32.1. The number of hydrogen-bond acceptors (Lipinski definition) is 6. The van der Waals surface area contributed by atoms with Gasteiger partial charge in [0.25, 0.3) is 0 Å². The molecule has 0 bridgehead atoms. The van der Waals surface area contributed by atoms with Gasteiger partial charge in [0.2, 0.25) is 5.91 Å². The molecule has 1 saturated heterocycles. The summed E-state index contributed by atoms with van der Waals surface area (Å²) in [4.78, 5) is 20.9. The average molecular weight is 332 g/mol. The van der Waals surface area contributed by atoms with Crippen molar-refractivity contribution >= 4 is 28.1 Å². The zero-order valence-electron chi connectivity index (χ0n) is 13.1. The van der Waals surface area contributed by atoms with Crippen LogP contribution in [0.25, 0.3) is 0 Å². The van der Waals surface area contributed by atoms with E-state index in [1.54, 1.807) is 18.4 Å². The summed E-state index contributed by atoms with van der Waals surface area (Å²) in [6.45, 7) is 3.94. The molecule has 1 N–H and O–H groups in total. The molecular formula is C16H20N4O2S. The summed E-state index contributed by atoms with van der Waals surface area (Å²) in [5, 5.41) is 5.97. The largest absolute Gasteiger partial charge is 0.497 e. The standard InChI is InChI=1S/C16H20N4O2S/c1-22-14-4-2-3-13(11-14)18-15(21)12-19-6-8-20(9-7-19)16-17-5-10-23-16/h2-5,10-11H,6-9,12H2,1H3,(H,18,21). The van der Waals surface area contributed by atoms with Crippen LogP contribution in [-0.2, 0) is 4.79 Å². The third-order valence-electron chi connectivity index (χ3n) is 3.78. The molecular weight excluding hydrogens is 312 g/mol. The van der Waals surface area contributed by atoms with Crippen molar-refractivity contribution in [2.24, 2.45) is 0 Å². The lowest BCUT2D eigenvalue weighted by Gasteiger charge is -2.34. The molecule has 0 spiro atoms. The van der Waals surface area contributed by atoms with Gasteiger partial charge in [-0.05, 0) is 12.1 Å². The summed E-state index contributed by atoms with van der Waals surface area (Å²) in [5.41, 5.74) is 0.760. The Labute approximate surface area is 139 Å². The Kier molecular flexibility index (Phi) is 5.09. The van der Waals surface area contributed by atoms with Crippen LogP contribution in [0.1, 0.15) is 0 Å². The van der Waals surface area contributed by atoms with Crippen LogP contribution < -0.4 is 15.0 Å². The summed E-state index contributed by atoms with van der Waals surface area (Å²) < 4.78 is 5.16. The van der Waals surface area contributed by atoms with Crippen molar-refractivity contribution in [3.63, 3.8) is 0 Å². The molecule has 6 nitrogen and oxygen atoms in total. The van der Waals surface area contributed by atoms with Gasteiger partial charge in [-0.1, -0.05) is 6.07 Å². The van der Waals surface area contributed by atoms with Gasteiger partial charge in [-0.3, -0.25) is 9.69 Å². The molecule has 3 rings (SSSR count). The molecule has 122 valence electrons. The van der Waals surface area contributed by atoms with E-state index in [4.69, 9.17) is 4.74 Å². The van der Waals surface area contributed by atoms with E-state index in [9.17, 15) is 4.79 Å². The van der Waals surface area contributed by atoms with Gasteiger partial charge in [0, 0.05) is 49.5 Å². The Morgan fingerprint density at radius 2 is 2.17 bits per heavy atom. The van der Waals surface area contributed by atoms with Gasteiger partial charge in [0.1, 0.15) is 5.75 Å². The molecule has 1 fully saturated rings. The van der Waals surface area contributed by atoms with Crippen LogP contribution in [0.2, 0.25) is 0 Å². The average Bonchev–Trinajstić information content (AvgIpc) is 3.10. The number of benzene rings is 1. The number of aromatic nitrogens is 1. The number of nitrogens with zero attached hydrogens (tertiary/aromatic N) is 3. The third kappa shape index (κ3) is 4.20. The number of hydrogen-bond donors (Lipinski definition) is 1. The molecule has 2 aromatic rings. The van der Waals surface area contributed by atoms with E-state index >= 15 is 0 Å². The fraction of sp³-hybridized carbons (Fsp3) is 0.375. The lowest BCUT2D eigenvalue weighted by Crippen LogP contribution is -2.48. The van der Waals surface area contributed by atoms with Crippen molar-refractivity contribution in [1.82, 2.24) is 9.88 Å². The highest BCUT2D eigenvalue weighted by Gasteiger charge is 2.20. The van der Waals surface area contributed by atoms with Crippen molar-refractivity contribution in [2.45, 2.75) is 0 Å². The van der Waals surface area contributed by atoms with Crippen molar-refractivity contribution in [3.8, 4) is 5.75 Å². The van der Waals surface area contributed by atoms with Gasteiger partial charge in [-0.25, -0.2) is 4.98 Å². The maximum absolute atomic E-state index is 12.2. The highest BCUT2D eigenvalue weighted by molar-refractivity contribution is 7.13. The number of amides is 1. The molecule has 1 aliphatic heterocycles. The van der Waals surface area contributed by atoms with Gasteiger partial charge >= 0.3 is 0 Å². The first-order chi connectivity index (χ1) is 11.2. The number of carbonyl (C=O) groups excluding carboxylic acids is 1. The minimum atomic E-state index is 0.000881. The molecule has 0 radical (unpaired) electrons. The SMILES string of the molecule is COc1cccc(NC(=O)CN2CCN(c3nccs3)CC2)c1. The number of piperazine rings is 1. The third-order valence-corrected chi connectivity index (χ3v) is 4.62. The van der Waals surface area contributed by atoms with E-state index < -0.39 is 0 Å². The Balaban J connectivity index is 1.47. The fourth-order valence-electron chi connectivity index (χ4n) is 2.57. The Hall–Kier alpha value is -2.12. The number of rotatable bonds is 5. The van der Waals surface area contributed by atoms with E-state index in [2.05, 4.69) is 20.1 Å². The Morgan fingerprint density at radius 3 is 2.87 bits per heavy atom. The van der Waals surface area contributed by atoms with Crippen molar-refractivity contribution in [2.75, 3.05) is 50.1 Å². The van der Waals surface area contributed by atoms with Crippen LogP contribution in [0.15, 0.2) is 35.8 Å². The lowest BCUT2D eigenvalue weighted by molar-refractivity contribution is -0.117. The molecule has 1 aromatic heterocycles. The van der Waals surface area contributed by atoms with Gasteiger partial charge in [-0.2, -0.15) is 0 Å². The molecule has 0 unspecified atom stereocenters. The summed E-state index contributed by atoms with van der Waals surface area (Å²) in [5.74, 6) is 0.737. The second-order valence-corrected chi connectivity index (χ2v) is 6.23. The van der Waals surface area contributed by atoms with Crippen molar-refractivity contribution in [3.05, 3.63) is 35.8 Å². The number of thiazole rings is 1. The summed E-state index contributed by atoms with van der Waals surface area (Å²) in [6.07, 6.45) is 1.83. The number of nitrogens with one attached hydrogen (secondary N) is 1. The summed E-state index contributed by atoms with van der Waals surface area (Å²) in [7, 11) is 1.61. The van der Waals surface area contributed by atoms with Crippen LogP contribution in [0.3, 0.4) is 0 Å². The smallest absolute Gasteiger partial charge is 0.238 e. The van der Waals surface area contributed by atoms with Crippen LogP contribution in [0, 0.1) is 0 Å². The molecule has 23 heavy (non-hydrogen) atoms. The van der Waals surface area contributed by atoms with Crippen molar-refractivity contribution < 1.29 is 9.53 Å². The molecule has 1 aromatic carbocycles. The molecule has 0 saturated carbocycles. The molecule has 0 atom stereocenters. The van der Waals surface area contributed by atoms with Crippen LogP contribution in [-0.4, -0.2) is 55.6 Å². The normalized spacial score (nSPS) is 15.4. The number of carbonyl (C=O) groups is 1. The van der Waals surface area contributed by atoms with E-state index in [1.165, 1.54) is 0 Å². The number of methoxy groups -OCH3 is 1. The topological polar surface area (TPSA) is 57.7 Å². The van der Waals surface area contributed by atoms with Gasteiger partial charge in [-0.15, -0.1) is 11.3 Å². The predicted octanol–water partition coefficient (Wildman–Crippen LogP) is 1.91. The Bertz CT molecular complexity index is 639. The zero-order chi connectivity index (χ0) is 16.1. The van der Waals surface area contributed by atoms with Gasteiger partial charge in [0.15, 0.2) is 5.13 Å². The van der Waals surface area contributed by atoms with E-state index in [0.717, 1.165) is 42.7 Å². The first-order valence-corrected chi connectivity index (χ1v) is 8.43. The maximum Gasteiger partial charge on any atom is 0.238 e. The lowest BCUT2D eigenvalue weighted by atomic mass is 10.3. The quantitative estimate of drug-likeness (QED) is 0.906. The van der Waals surface area contributed by atoms with E-state index in [-0.39, 0.29) is 5.91 Å². The highest BCUT2D eigenvalue weighted by Crippen LogP contribution is 2.19. The molecule has 7 heteroatoms. The molecule has 1 amide bonds. The van der Waals surface area contributed by atoms with Gasteiger partial charge < -0.3 is 15.0 Å². The number of anilines is 2. The molecule has 2 heterocycles. The van der Waals surface area contributed by atoms with E-state index in [0.29, 0.717) is 6.54 Å². The van der Waals surface area contributed by atoms with E-state index in [1.807, 2.05) is 35.8 Å². The number of ether oxygens (including phenoxy) is 1. The monoisotopic (exact) mass is 332 g/mol. The maximum atomic E-state index is 12.2. The minimum Gasteiger partial charge on any atom is -0.497 e. The van der Waals surface area contributed by atoms with Crippen LogP contribution >= 0.6 is 11.3 Å². The minimum absolute atomic E-state index is 0.000881. The van der Waals surface area contributed by atoms with Crippen LogP contribution in [0.5, 0.6) is 5.75 Å². The molecule has 1 aliphatic rings. The fourth-order valence-corrected chi connectivity index (χ4v) is 3.27. The van der Waals surface area contributed by atoms with Crippen LogP contribution in [0.4, 0.5) is 10.8 Å². The predicted molar refractivity (Wildman–Crippen MR) is 92.4 cm³/mol. The first-order valence-electron chi connectivity index (χ1n) is 7.55. The van der Waals surface area contributed by atoms with Gasteiger partial charge in [0.05, 0.1) is 13.7 Å². The second kappa shape index (κ2) is 7.43. The Morgan fingerprint density at radius 1 is 1.35 bits per heavy atom. The second-order valence-electron chi connectivity index (χ2n) is 5.36. The first kappa shape index (κ1) is 15.8. The zero-order valence-corrected chi connectivity index (χ0v) is 13.9. The van der Waals surface area contributed by atoms with Crippen molar-refractivity contribution in [1.29, 1.82) is 0 Å².